The van der Waals surface area contributed by atoms with Crippen molar-refractivity contribution in [3.8, 4) is 0 Å². The molecular weight excluding hydrogens is 553 g/mol. The number of unbranched alkanes of at least 4 members (excludes halogenated alkanes) is 13. The molecule has 2 aliphatic heterocycles. The molecule has 0 spiro atoms. The number of piperidine rings is 1. The van der Waals surface area contributed by atoms with Gasteiger partial charge < -0.3 is 27.9 Å². The van der Waals surface area contributed by atoms with Gasteiger partial charge in [-0.25, -0.2) is 0 Å². The number of carbonyl (C=O) groups excluding carboxylic acids is 1. The minimum absolute atomic E-state index is 0.0973. The summed E-state index contributed by atoms with van der Waals surface area (Å²) < 4.78 is 36.5. The molecule has 0 radical (unpaired) electrons. The predicted molar refractivity (Wildman–Crippen MR) is 167 cm³/mol. The third-order valence-electron chi connectivity index (χ3n) is 9.58. The van der Waals surface area contributed by atoms with Gasteiger partial charge in [0.2, 0.25) is 0 Å². The fraction of sp³-hybridized carbons (Fsp3) is 0.970. The van der Waals surface area contributed by atoms with Gasteiger partial charge in [0.05, 0.1) is 38.9 Å². The molecule has 0 aromatic carbocycles. The van der Waals surface area contributed by atoms with Gasteiger partial charge in [-0.05, 0) is 12.3 Å². The largest absolute Gasteiger partial charge is 0.756 e. The van der Waals surface area contributed by atoms with Crippen LogP contribution in [-0.4, -0.2) is 68.2 Å². The van der Waals surface area contributed by atoms with Crippen molar-refractivity contribution in [1.29, 1.82) is 0 Å². The van der Waals surface area contributed by atoms with Crippen molar-refractivity contribution in [1.82, 2.24) is 0 Å². The van der Waals surface area contributed by atoms with Crippen LogP contribution in [0.4, 0.5) is 0 Å². The van der Waals surface area contributed by atoms with E-state index in [-0.39, 0.29) is 18.6 Å². The average Bonchev–Trinajstić information content (AvgIpc) is 3.05. The van der Waals surface area contributed by atoms with Crippen LogP contribution in [0, 0.1) is 5.92 Å². The van der Waals surface area contributed by atoms with E-state index < -0.39 is 26.0 Å². The monoisotopic (exact) mass is 617 g/mol. The number of fused-ring (bicyclic) bond motifs is 2. The van der Waals surface area contributed by atoms with Gasteiger partial charge in [0.15, 0.2) is 6.10 Å². The third kappa shape index (κ3) is 14.1. The van der Waals surface area contributed by atoms with E-state index in [1.54, 1.807) is 0 Å². The van der Waals surface area contributed by atoms with E-state index in [1.807, 2.05) is 13.8 Å². The quantitative estimate of drug-likeness (QED) is 0.0474. The normalized spacial score (nSPS) is 24.4. The Kier molecular flexibility index (Phi) is 17.8. The van der Waals surface area contributed by atoms with Crippen LogP contribution in [0.1, 0.15) is 143 Å². The van der Waals surface area contributed by atoms with Crippen molar-refractivity contribution >= 4 is 13.8 Å². The molecule has 8 nitrogen and oxygen atoms in total. The van der Waals surface area contributed by atoms with Gasteiger partial charge in [0, 0.05) is 39.2 Å². The molecular formula is C33H64NO7P. The van der Waals surface area contributed by atoms with Gasteiger partial charge in [-0.15, -0.1) is 0 Å². The fourth-order valence-corrected chi connectivity index (χ4v) is 8.16. The molecule has 42 heavy (non-hydrogen) atoms. The Labute approximate surface area is 257 Å². The summed E-state index contributed by atoms with van der Waals surface area (Å²) >= 11 is 0. The van der Waals surface area contributed by atoms with Crippen molar-refractivity contribution in [2.24, 2.45) is 5.92 Å². The maximum absolute atomic E-state index is 13.0. The topological polar surface area (TPSA) is 94.1 Å². The van der Waals surface area contributed by atoms with Crippen LogP contribution in [0.5, 0.6) is 0 Å². The fourth-order valence-electron chi connectivity index (χ4n) is 6.90. The molecule has 5 unspecified atom stereocenters. The second-order valence-electron chi connectivity index (χ2n) is 13.8. The summed E-state index contributed by atoms with van der Waals surface area (Å²) in [6.45, 7) is 7.94. The summed E-state index contributed by atoms with van der Waals surface area (Å²) in [6.07, 6.45) is 19.7. The molecule has 2 fully saturated rings. The molecule has 2 bridgehead atoms. The van der Waals surface area contributed by atoms with Crippen molar-refractivity contribution in [3.05, 3.63) is 0 Å². The molecule has 9 heteroatoms. The molecule has 0 aromatic heterocycles. The molecule has 5 atom stereocenters. The van der Waals surface area contributed by atoms with Crippen LogP contribution in [0.15, 0.2) is 0 Å². The van der Waals surface area contributed by atoms with Crippen LogP contribution in [-0.2, 0) is 27.9 Å². The molecule has 0 aliphatic carbocycles. The first-order valence-electron chi connectivity index (χ1n) is 17.2. The molecule has 0 saturated carbocycles. The number of hydrogen-bond acceptors (Lipinski definition) is 7. The number of rotatable bonds is 24. The van der Waals surface area contributed by atoms with Gasteiger partial charge in [-0.3, -0.25) is 9.36 Å². The summed E-state index contributed by atoms with van der Waals surface area (Å²) in [5.41, 5.74) is 0. The minimum Gasteiger partial charge on any atom is -0.756 e. The maximum atomic E-state index is 13.0. The zero-order chi connectivity index (χ0) is 31.0. The Morgan fingerprint density at radius 3 is 1.79 bits per heavy atom. The summed E-state index contributed by atoms with van der Waals surface area (Å²) in [4.78, 5) is 24.9. The summed E-state index contributed by atoms with van der Waals surface area (Å²) in [6, 6.07) is 0.818. The highest BCUT2D eigenvalue weighted by Gasteiger charge is 2.50. The van der Waals surface area contributed by atoms with Gasteiger partial charge in [0.25, 0.3) is 7.82 Å². The Morgan fingerprint density at radius 2 is 1.33 bits per heavy atom. The van der Waals surface area contributed by atoms with Gasteiger partial charge in [-0.1, -0.05) is 104 Å². The lowest BCUT2D eigenvalue weighted by Crippen LogP contribution is -2.56. The van der Waals surface area contributed by atoms with E-state index in [1.165, 1.54) is 84.0 Å². The minimum atomic E-state index is -4.62. The van der Waals surface area contributed by atoms with Gasteiger partial charge in [-0.2, -0.15) is 0 Å². The van der Waals surface area contributed by atoms with Crippen LogP contribution in [0.2, 0.25) is 0 Å². The second kappa shape index (κ2) is 19.8. The van der Waals surface area contributed by atoms with E-state index in [4.69, 9.17) is 18.5 Å². The lowest BCUT2D eigenvalue weighted by atomic mass is 9.98. The standard InChI is InChI=1S/C33H64NO7P/c1-7-8-9-10-11-12-13-14-15-16-17-18-19-20-23-38-26-32(39-28(4)35)33(27(2)3)41-42(36,37)40-31-24-29-21-22-30(25-31)34(29,5)6/h27,29-33H,7-26H2,1-6H3. The predicted octanol–water partition coefficient (Wildman–Crippen LogP) is 7.71. The van der Waals surface area contributed by atoms with E-state index in [2.05, 4.69) is 21.0 Å². The molecule has 2 saturated heterocycles. The number of hydrogen-bond donors (Lipinski definition) is 0. The number of carbonyl (C=O) groups is 1. The number of ether oxygens (including phenoxy) is 2. The van der Waals surface area contributed by atoms with Crippen molar-refractivity contribution < 1.29 is 37.3 Å². The molecule has 0 amide bonds. The van der Waals surface area contributed by atoms with E-state index in [0.29, 0.717) is 31.5 Å². The lowest BCUT2D eigenvalue weighted by Gasteiger charge is -2.45. The Balaban J connectivity index is 1.66. The molecule has 248 valence electrons. The molecule has 2 aliphatic rings. The zero-order valence-electron chi connectivity index (χ0n) is 27.9. The molecule has 2 heterocycles. The molecule has 2 rings (SSSR count). The van der Waals surface area contributed by atoms with Crippen molar-refractivity contribution in [3.63, 3.8) is 0 Å². The zero-order valence-corrected chi connectivity index (χ0v) is 28.8. The van der Waals surface area contributed by atoms with Crippen LogP contribution in [0.3, 0.4) is 0 Å². The van der Waals surface area contributed by atoms with Crippen molar-refractivity contribution in [2.45, 2.75) is 174 Å². The highest BCUT2D eigenvalue weighted by atomic mass is 31.2. The number of phosphoric ester groups is 1. The van der Waals surface area contributed by atoms with Gasteiger partial charge in [0.1, 0.15) is 6.10 Å². The average molecular weight is 618 g/mol. The van der Waals surface area contributed by atoms with Crippen LogP contribution >= 0.6 is 7.82 Å². The number of nitrogens with zero attached hydrogens (tertiary/aromatic N) is 1. The highest BCUT2D eigenvalue weighted by Crippen LogP contribution is 2.49. The molecule has 0 aromatic rings. The number of phosphoric acid groups is 1. The number of esters is 1. The van der Waals surface area contributed by atoms with Crippen LogP contribution in [0.25, 0.3) is 0 Å². The SMILES string of the molecule is CCCCCCCCCCCCCCCCOCC(OC(C)=O)C(OP(=O)([O-])OC1CC2CCC(C1)[N+]2(C)C)C(C)C. The van der Waals surface area contributed by atoms with E-state index >= 15 is 0 Å². The first-order valence-corrected chi connectivity index (χ1v) is 18.7. The maximum Gasteiger partial charge on any atom is 0.303 e. The second-order valence-corrected chi connectivity index (χ2v) is 15.1. The lowest BCUT2D eigenvalue weighted by molar-refractivity contribution is -0.931. The van der Waals surface area contributed by atoms with Gasteiger partial charge >= 0.3 is 5.97 Å². The first kappa shape index (κ1) is 37.7. The van der Waals surface area contributed by atoms with Crippen molar-refractivity contribution in [2.75, 3.05) is 27.3 Å². The summed E-state index contributed by atoms with van der Waals surface area (Å²) in [5.74, 6) is -0.706. The molecule has 0 N–H and O–H groups in total. The third-order valence-corrected chi connectivity index (χ3v) is 10.6. The van der Waals surface area contributed by atoms with E-state index in [0.717, 1.165) is 30.2 Å². The van der Waals surface area contributed by atoms with E-state index in [9.17, 15) is 14.3 Å². The summed E-state index contributed by atoms with van der Waals surface area (Å²) in [5, 5.41) is 0. The Morgan fingerprint density at radius 1 is 0.857 bits per heavy atom. The Bertz CT molecular complexity index is 776. The number of quaternary nitrogens is 1. The Hall–Kier alpha value is -0.500. The summed E-state index contributed by atoms with van der Waals surface area (Å²) in [7, 11) is -0.165. The smallest absolute Gasteiger partial charge is 0.303 e. The highest BCUT2D eigenvalue weighted by molar-refractivity contribution is 7.45. The first-order chi connectivity index (χ1) is 20.0. The van der Waals surface area contributed by atoms with Crippen LogP contribution < -0.4 is 4.89 Å².